The number of Topliss-reactive ketones (excluding diaryl/α,β-unsaturated/α-hetero) is 1. The molecule has 2 amide bonds. The van der Waals surface area contributed by atoms with E-state index in [0.29, 0.717) is 38.1 Å². The number of fused-ring (bicyclic) bond motifs is 1. The van der Waals surface area contributed by atoms with Gasteiger partial charge in [0.2, 0.25) is 5.91 Å². The van der Waals surface area contributed by atoms with Crippen molar-refractivity contribution in [2.24, 2.45) is 0 Å². The van der Waals surface area contributed by atoms with Crippen LogP contribution in [0.2, 0.25) is 0 Å². The number of ether oxygens (including phenoxy) is 1. The molecule has 0 saturated carbocycles. The zero-order valence-electron chi connectivity index (χ0n) is 15.7. The van der Waals surface area contributed by atoms with E-state index in [1.165, 1.54) is 6.92 Å². The maximum atomic E-state index is 12.5. The number of amides is 2. The average molecular weight is 371 g/mol. The highest BCUT2D eigenvalue weighted by Crippen LogP contribution is 2.22. The number of piperidine rings is 1. The molecule has 3 rings (SSSR count). The predicted molar refractivity (Wildman–Crippen MR) is 102 cm³/mol. The van der Waals surface area contributed by atoms with Gasteiger partial charge in [0, 0.05) is 41.8 Å². The fourth-order valence-corrected chi connectivity index (χ4v) is 3.51. The highest BCUT2D eigenvalue weighted by atomic mass is 16.6. The Morgan fingerprint density at radius 3 is 2.56 bits per heavy atom. The van der Waals surface area contributed by atoms with Crippen LogP contribution < -0.4 is 5.32 Å². The van der Waals surface area contributed by atoms with E-state index in [1.807, 2.05) is 28.8 Å². The van der Waals surface area contributed by atoms with E-state index in [-0.39, 0.29) is 30.4 Å². The number of ketones is 1. The van der Waals surface area contributed by atoms with Crippen LogP contribution >= 0.6 is 0 Å². The van der Waals surface area contributed by atoms with Gasteiger partial charge in [-0.05, 0) is 32.8 Å². The first-order valence-corrected chi connectivity index (χ1v) is 9.29. The third-order valence-electron chi connectivity index (χ3n) is 4.87. The number of likely N-dealkylation sites (tertiary alicyclic amines) is 1. The highest BCUT2D eigenvalue weighted by Gasteiger charge is 2.24. The first-order chi connectivity index (χ1) is 13.0. The molecule has 1 aliphatic rings. The van der Waals surface area contributed by atoms with Gasteiger partial charge in [0.05, 0.1) is 6.61 Å². The molecule has 7 heteroatoms. The topological polar surface area (TPSA) is 80.6 Å². The Balaban J connectivity index is 1.60. The predicted octanol–water partition coefficient (Wildman–Crippen LogP) is 2.58. The quantitative estimate of drug-likeness (QED) is 0.819. The van der Waals surface area contributed by atoms with Crippen molar-refractivity contribution in [3.63, 3.8) is 0 Å². The summed E-state index contributed by atoms with van der Waals surface area (Å²) in [5.74, 6) is -0.114. The first kappa shape index (κ1) is 18.9. The van der Waals surface area contributed by atoms with Crippen LogP contribution in [-0.4, -0.2) is 53.0 Å². The van der Waals surface area contributed by atoms with Crippen molar-refractivity contribution in [1.29, 1.82) is 0 Å². The second kappa shape index (κ2) is 8.24. The molecule has 1 saturated heterocycles. The zero-order chi connectivity index (χ0) is 19.4. The summed E-state index contributed by atoms with van der Waals surface area (Å²) < 4.78 is 6.82. The van der Waals surface area contributed by atoms with Crippen LogP contribution in [-0.2, 0) is 16.1 Å². The van der Waals surface area contributed by atoms with Gasteiger partial charge in [-0.1, -0.05) is 18.2 Å². The van der Waals surface area contributed by atoms with Gasteiger partial charge in [0.1, 0.15) is 6.54 Å². The Kier molecular flexibility index (Phi) is 5.78. The third-order valence-corrected chi connectivity index (χ3v) is 4.87. The Morgan fingerprint density at radius 2 is 1.89 bits per heavy atom. The number of benzene rings is 1. The number of aromatic nitrogens is 1. The van der Waals surface area contributed by atoms with Crippen molar-refractivity contribution in [1.82, 2.24) is 14.8 Å². The molecule has 0 bridgehead atoms. The van der Waals surface area contributed by atoms with Gasteiger partial charge in [0.25, 0.3) is 0 Å². The lowest BCUT2D eigenvalue weighted by Crippen LogP contribution is -2.47. The Bertz CT molecular complexity index is 850. The van der Waals surface area contributed by atoms with E-state index in [1.54, 1.807) is 18.0 Å². The van der Waals surface area contributed by atoms with Gasteiger partial charge in [-0.2, -0.15) is 0 Å². The minimum atomic E-state index is -0.294. The summed E-state index contributed by atoms with van der Waals surface area (Å²) in [6.07, 6.45) is 2.86. The number of nitrogens with zero attached hydrogens (tertiary/aromatic N) is 2. The van der Waals surface area contributed by atoms with Crippen molar-refractivity contribution in [3.8, 4) is 0 Å². The number of para-hydroxylation sites is 1. The fraction of sp³-hybridized carbons (Fsp3) is 0.450. The molecule has 1 aromatic carbocycles. The number of nitrogens with one attached hydrogen (secondary N) is 1. The van der Waals surface area contributed by atoms with Crippen molar-refractivity contribution >= 4 is 28.7 Å². The van der Waals surface area contributed by atoms with E-state index in [9.17, 15) is 14.4 Å². The molecule has 1 fully saturated rings. The molecule has 1 N–H and O–H groups in total. The Hall–Kier alpha value is -2.83. The van der Waals surface area contributed by atoms with Gasteiger partial charge >= 0.3 is 6.09 Å². The SMILES string of the molecule is CCOC(=O)N1CCC(NC(=O)Cn2cc(C(C)=O)c3ccccc32)CC1. The lowest BCUT2D eigenvalue weighted by atomic mass is 10.1. The first-order valence-electron chi connectivity index (χ1n) is 9.29. The molecule has 0 atom stereocenters. The Morgan fingerprint density at radius 1 is 1.19 bits per heavy atom. The molecule has 0 radical (unpaired) electrons. The van der Waals surface area contributed by atoms with E-state index < -0.39 is 0 Å². The van der Waals surface area contributed by atoms with Gasteiger partial charge in [-0.25, -0.2) is 4.79 Å². The van der Waals surface area contributed by atoms with Crippen molar-refractivity contribution in [2.45, 2.75) is 39.3 Å². The number of hydrogen-bond donors (Lipinski definition) is 1. The smallest absolute Gasteiger partial charge is 0.409 e. The van der Waals surface area contributed by atoms with E-state index >= 15 is 0 Å². The van der Waals surface area contributed by atoms with Gasteiger partial charge in [-0.3, -0.25) is 9.59 Å². The van der Waals surface area contributed by atoms with E-state index in [4.69, 9.17) is 4.74 Å². The molecule has 0 unspecified atom stereocenters. The van der Waals surface area contributed by atoms with Crippen LogP contribution in [0.1, 0.15) is 37.0 Å². The molecular formula is C20H25N3O4. The molecule has 2 aromatic rings. The number of carbonyl (C=O) groups is 3. The molecule has 0 aliphatic carbocycles. The van der Waals surface area contributed by atoms with E-state index in [0.717, 1.165) is 10.9 Å². The van der Waals surface area contributed by atoms with Crippen molar-refractivity contribution in [2.75, 3.05) is 19.7 Å². The maximum Gasteiger partial charge on any atom is 0.409 e. The lowest BCUT2D eigenvalue weighted by molar-refractivity contribution is -0.122. The van der Waals surface area contributed by atoms with Crippen LogP contribution in [0.5, 0.6) is 0 Å². The van der Waals surface area contributed by atoms with Gasteiger partial charge in [0.15, 0.2) is 5.78 Å². The van der Waals surface area contributed by atoms with E-state index in [2.05, 4.69) is 5.32 Å². The molecule has 27 heavy (non-hydrogen) atoms. The maximum absolute atomic E-state index is 12.5. The highest BCUT2D eigenvalue weighted by molar-refractivity contribution is 6.07. The lowest BCUT2D eigenvalue weighted by Gasteiger charge is -2.31. The summed E-state index contributed by atoms with van der Waals surface area (Å²) in [6.45, 7) is 4.99. The second-order valence-corrected chi connectivity index (χ2v) is 6.77. The normalized spacial score (nSPS) is 15.0. The minimum Gasteiger partial charge on any atom is -0.450 e. The van der Waals surface area contributed by atoms with Crippen LogP contribution in [0.4, 0.5) is 4.79 Å². The summed E-state index contributed by atoms with van der Waals surface area (Å²) in [4.78, 5) is 37.8. The molecule has 0 spiro atoms. The molecular weight excluding hydrogens is 346 g/mol. The summed E-state index contributed by atoms with van der Waals surface area (Å²) in [5, 5.41) is 3.90. The largest absolute Gasteiger partial charge is 0.450 e. The fourth-order valence-electron chi connectivity index (χ4n) is 3.51. The number of carbonyl (C=O) groups excluding carboxylic acids is 3. The van der Waals surface area contributed by atoms with Gasteiger partial charge < -0.3 is 19.5 Å². The second-order valence-electron chi connectivity index (χ2n) is 6.77. The van der Waals surface area contributed by atoms with Crippen molar-refractivity contribution in [3.05, 3.63) is 36.0 Å². The third kappa shape index (κ3) is 4.30. The van der Waals surface area contributed by atoms with Crippen LogP contribution in [0.25, 0.3) is 10.9 Å². The minimum absolute atomic E-state index is 0.0169. The Labute approximate surface area is 158 Å². The zero-order valence-corrected chi connectivity index (χ0v) is 15.7. The van der Waals surface area contributed by atoms with Crippen LogP contribution in [0.3, 0.4) is 0 Å². The molecule has 1 aliphatic heterocycles. The molecule has 1 aromatic heterocycles. The molecule has 2 heterocycles. The summed E-state index contributed by atoms with van der Waals surface area (Å²) in [6, 6.07) is 7.62. The summed E-state index contributed by atoms with van der Waals surface area (Å²) >= 11 is 0. The van der Waals surface area contributed by atoms with Crippen molar-refractivity contribution < 1.29 is 19.1 Å². The average Bonchev–Trinajstić information content (AvgIpc) is 3.01. The number of rotatable bonds is 5. The monoisotopic (exact) mass is 371 g/mol. The number of hydrogen-bond acceptors (Lipinski definition) is 4. The summed E-state index contributed by atoms with van der Waals surface area (Å²) in [7, 11) is 0. The molecule has 144 valence electrons. The summed E-state index contributed by atoms with van der Waals surface area (Å²) in [5.41, 5.74) is 1.50. The van der Waals surface area contributed by atoms with Crippen LogP contribution in [0, 0.1) is 0 Å². The van der Waals surface area contributed by atoms with Gasteiger partial charge in [-0.15, -0.1) is 0 Å². The standard InChI is InChI=1S/C20H25N3O4/c1-3-27-20(26)22-10-8-15(9-11-22)21-19(25)13-23-12-17(14(2)24)16-6-4-5-7-18(16)23/h4-7,12,15H,3,8-11,13H2,1-2H3,(H,21,25). The molecule has 7 nitrogen and oxygen atoms in total. The van der Waals surface area contributed by atoms with Crippen LogP contribution in [0.15, 0.2) is 30.5 Å².